The van der Waals surface area contributed by atoms with E-state index >= 15 is 0 Å². The standard InChI is InChI=1S/C14H14F3NOS/c1-3-11(19)12-8(2)20-13(18-12)9-4-6-10(7-5-9)14(15,16)17/h4-7,11,19H,3H2,1-2H3/t11-/m1/s1. The van der Waals surface area contributed by atoms with Gasteiger partial charge in [-0.15, -0.1) is 11.3 Å². The van der Waals surface area contributed by atoms with Crippen LogP contribution in [0.3, 0.4) is 0 Å². The first kappa shape index (κ1) is 15.0. The van der Waals surface area contributed by atoms with E-state index in [9.17, 15) is 18.3 Å². The molecule has 1 N–H and O–H groups in total. The lowest BCUT2D eigenvalue weighted by atomic mass is 10.1. The second-order valence-corrected chi connectivity index (χ2v) is 5.66. The van der Waals surface area contributed by atoms with Gasteiger partial charge >= 0.3 is 6.18 Å². The van der Waals surface area contributed by atoms with Gasteiger partial charge in [-0.3, -0.25) is 0 Å². The molecule has 0 radical (unpaired) electrons. The lowest BCUT2D eigenvalue weighted by Crippen LogP contribution is -2.04. The monoisotopic (exact) mass is 301 g/mol. The van der Waals surface area contributed by atoms with E-state index in [1.165, 1.54) is 23.5 Å². The van der Waals surface area contributed by atoms with Gasteiger partial charge in [0.05, 0.1) is 17.4 Å². The first-order valence-corrected chi connectivity index (χ1v) is 6.97. The van der Waals surface area contributed by atoms with E-state index in [0.29, 0.717) is 22.7 Å². The molecule has 0 aliphatic carbocycles. The van der Waals surface area contributed by atoms with Crippen LogP contribution in [-0.4, -0.2) is 10.1 Å². The van der Waals surface area contributed by atoms with Crippen LogP contribution in [0.25, 0.3) is 10.6 Å². The second-order valence-electron chi connectivity index (χ2n) is 4.46. The van der Waals surface area contributed by atoms with Crippen LogP contribution in [0.5, 0.6) is 0 Å². The molecule has 0 bridgehead atoms. The number of halogens is 3. The molecular weight excluding hydrogens is 287 g/mol. The van der Waals surface area contributed by atoms with Crippen molar-refractivity contribution in [1.29, 1.82) is 0 Å². The average Bonchev–Trinajstić information content (AvgIpc) is 2.79. The third-order valence-corrected chi connectivity index (χ3v) is 4.03. The summed E-state index contributed by atoms with van der Waals surface area (Å²) in [6, 6.07) is 4.90. The van der Waals surface area contributed by atoms with E-state index in [0.717, 1.165) is 17.0 Å². The molecule has 2 aromatic rings. The molecule has 108 valence electrons. The number of aryl methyl sites for hydroxylation is 1. The van der Waals surface area contributed by atoms with Crippen LogP contribution in [0.1, 0.15) is 35.6 Å². The highest BCUT2D eigenvalue weighted by Crippen LogP contribution is 2.34. The number of aliphatic hydroxyl groups is 1. The largest absolute Gasteiger partial charge is 0.416 e. The maximum absolute atomic E-state index is 12.5. The molecule has 0 saturated heterocycles. The Morgan fingerprint density at radius 3 is 2.35 bits per heavy atom. The maximum atomic E-state index is 12.5. The maximum Gasteiger partial charge on any atom is 0.416 e. The van der Waals surface area contributed by atoms with Crippen LogP contribution in [0.4, 0.5) is 13.2 Å². The van der Waals surface area contributed by atoms with Crippen molar-refractivity contribution in [2.75, 3.05) is 0 Å². The highest BCUT2D eigenvalue weighted by atomic mass is 32.1. The minimum atomic E-state index is -4.33. The van der Waals surface area contributed by atoms with Crippen molar-refractivity contribution in [3.8, 4) is 10.6 Å². The Balaban J connectivity index is 2.33. The zero-order valence-electron chi connectivity index (χ0n) is 11.0. The van der Waals surface area contributed by atoms with Crippen molar-refractivity contribution in [3.05, 3.63) is 40.4 Å². The molecule has 2 rings (SSSR count). The molecule has 1 aromatic heterocycles. The first-order chi connectivity index (χ1) is 9.32. The summed E-state index contributed by atoms with van der Waals surface area (Å²) in [5, 5.41) is 10.4. The molecule has 2 nitrogen and oxygen atoms in total. The van der Waals surface area contributed by atoms with Crippen molar-refractivity contribution in [2.45, 2.75) is 32.5 Å². The SMILES string of the molecule is CC[C@@H](O)c1nc(-c2ccc(C(F)(F)F)cc2)sc1C. The van der Waals surface area contributed by atoms with Gasteiger partial charge in [0, 0.05) is 10.4 Å². The average molecular weight is 301 g/mol. The lowest BCUT2D eigenvalue weighted by Gasteiger charge is -2.06. The van der Waals surface area contributed by atoms with Gasteiger partial charge in [0.15, 0.2) is 0 Å². The van der Waals surface area contributed by atoms with Crippen LogP contribution >= 0.6 is 11.3 Å². The molecule has 1 aromatic carbocycles. The zero-order valence-corrected chi connectivity index (χ0v) is 11.8. The zero-order chi connectivity index (χ0) is 14.9. The minimum absolute atomic E-state index is 0.553. The molecule has 0 spiro atoms. The Kier molecular flexibility index (Phi) is 4.15. The Hall–Kier alpha value is -1.40. The predicted molar refractivity (Wildman–Crippen MR) is 72.5 cm³/mol. The summed E-state index contributed by atoms with van der Waals surface area (Å²) in [6.45, 7) is 3.70. The van der Waals surface area contributed by atoms with E-state index in [-0.39, 0.29) is 0 Å². The molecule has 0 unspecified atom stereocenters. The van der Waals surface area contributed by atoms with Crippen LogP contribution in [0, 0.1) is 6.92 Å². The summed E-state index contributed by atoms with van der Waals surface area (Å²) in [7, 11) is 0. The Morgan fingerprint density at radius 2 is 1.85 bits per heavy atom. The van der Waals surface area contributed by atoms with E-state index in [4.69, 9.17) is 0 Å². The van der Waals surface area contributed by atoms with Crippen molar-refractivity contribution < 1.29 is 18.3 Å². The smallest absolute Gasteiger partial charge is 0.387 e. The molecule has 1 atom stereocenters. The van der Waals surface area contributed by atoms with E-state index in [1.807, 2.05) is 13.8 Å². The topological polar surface area (TPSA) is 33.1 Å². The van der Waals surface area contributed by atoms with Gasteiger partial charge in [-0.2, -0.15) is 13.2 Å². The quantitative estimate of drug-likeness (QED) is 0.900. The third kappa shape index (κ3) is 3.02. The van der Waals surface area contributed by atoms with Gasteiger partial charge in [0.1, 0.15) is 5.01 Å². The number of aromatic nitrogens is 1. The van der Waals surface area contributed by atoms with Crippen molar-refractivity contribution in [2.24, 2.45) is 0 Å². The summed E-state index contributed by atoms with van der Waals surface area (Å²) in [5.41, 5.74) is 0.552. The summed E-state index contributed by atoms with van der Waals surface area (Å²) < 4.78 is 37.5. The number of hydrogen-bond donors (Lipinski definition) is 1. The van der Waals surface area contributed by atoms with Gasteiger partial charge in [-0.25, -0.2) is 4.98 Å². The number of rotatable bonds is 3. The van der Waals surface area contributed by atoms with Gasteiger partial charge in [0.25, 0.3) is 0 Å². The number of alkyl halides is 3. The Bertz CT molecular complexity index is 589. The Labute approximate surface area is 118 Å². The normalized spacial score (nSPS) is 13.5. The molecule has 20 heavy (non-hydrogen) atoms. The van der Waals surface area contributed by atoms with Crippen LogP contribution in [0.2, 0.25) is 0 Å². The van der Waals surface area contributed by atoms with Crippen LogP contribution < -0.4 is 0 Å². The van der Waals surface area contributed by atoms with Crippen LogP contribution in [-0.2, 0) is 6.18 Å². The molecule has 0 aliphatic heterocycles. The van der Waals surface area contributed by atoms with E-state index < -0.39 is 17.8 Å². The number of thiazole rings is 1. The van der Waals surface area contributed by atoms with E-state index in [2.05, 4.69) is 4.98 Å². The highest BCUT2D eigenvalue weighted by molar-refractivity contribution is 7.15. The van der Waals surface area contributed by atoms with Crippen molar-refractivity contribution in [1.82, 2.24) is 4.98 Å². The van der Waals surface area contributed by atoms with Gasteiger partial charge in [-0.1, -0.05) is 19.1 Å². The number of nitrogens with zero attached hydrogens (tertiary/aromatic N) is 1. The fourth-order valence-electron chi connectivity index (χ4n) is 1.84. The first-order valence-electron chi connectivity index (χ1n) is 6.16. The molecule has 0 aliphatic rings. The molecule has 0 amide bonds. The number of benzene rings is 1. The van der Waals surface area contributed by atoms with Crippen molar-refractivity contribution >= 4 is 11.3 Å². The molecule has 1 heterocycles. The van der Waals surface area contributed by atoms with Crippen LogP contribution in [0.15, 0.2) is 24.3 Å². The summed E-state index contributed by atoms with van der Waals surface area (Å²) in [6.07, 6.45) is -4.41. The number of hydrogen-bond acceptors (Lipinski definition) is 3. The molecule has 0 saturated carbocycles. The highest BCUT2D eigenvalue weighted by Gasteiger charge is 2.30. The second kappa shape index (κ2) is 5.54. The summed E-state index contributed by atoms with van der Waals surface area (Å²) in [4.78, 5) is 5.21. The van der Waals surface area contributed by atoms with Gasteiger partial charge in [0.2, 0.25) is 0 Å². The fourth-order valence-corrected chi connectivity index (χ4v) is 2.81. The predicted octanol–water partition coefficient (Wildman–Crippen LogP) is 4.58. The van der Waals surface area contributed by atoms with Gasteiger partial charge in [-0.05, 0) is 25.5 Å². The molecule has 0 fully saturated rings. The third-order valence-electron chi connectivity index (χ3n) is 2.99. The summed E-state index contributed by atoms with van der Waals surface area (Å²) in [5.74, 6) is 0. The molecule has 6 heteroatoms. The lowest BCUT2D eigenvalue weighted by molar-refractivity contribution is -0.137. The van der Waals surface area contributed by atoms with E-state index in [1.54, 1.807) is 0 Å². The Morgan fingerprint density at radius 1 is 1.25 bits per heavy atom. The van der Waals surface area contributed by atoms with Crippen molar-refractivity contribution in [3.63, 3.8) is 0 Å². The number of aliphatic hydroxyl groups excluding tert-OH is 1. The van der Waals surface area contributed by atoms with Gasteiger partial charge < -0.3 is 5.11 Å². The fraction of sp³-hybridized carbons (Fsp3) is 0.357. The summed E-state index contributed by atoms with van der Waals surface area (Å²) >= 11 is 1.37. The molecular formula is C14H14F3NOS. The minimum Gasteiger partial charge on any atom is -0.387 e.